The lowest BCUT2D eigenvalue weighted by atomic mass is 10.0. The lowest BCUT2D eigenvalue weighted by Crippen LogP contribution is -2.59. The Morgan fingerprint density at radius 1 is 1.00 bits per heavy atom. The van der Waals surface area contributed by atoms with Crippen molar-refractivity contribution in [1.29, 1.82) is 0 Å². The Bertz CT molecular complexity index is 1450. The Morgan fingerprint density at radius 2 is 1.81 bits per heavy atom. The predicted octanol–water partition coefficient (Wildman–Crippen LogP) is 5.01. The Kier molecular flexibility index (Phi) is 7.82. The molecule has 2 aromatic carbocycles. The maximum Gasteiger partial charge on any atom is 0.419 e. The summed E-state index contributed by atoms with van der Waals surface area (Å²) in [7, 11) is 1.46. The Morgan fingerprint density at radius 3 is 2.60 bits per heavy atom. The zero-order valence-electron chi connectivity index (χ0n) is 23.2. The van der Waals surface area contributed by atoms with Gasteiger partial charge in [-0.15, -0.1) is 0 Å². The molecule has 6 rings (SSSR count). The number of fused-ring (bicyclic) bond motifs is 3. The van der Waals surface area contributed by atoms with Crippen LogP contribution in [0, 0.1) is 0 Å². The molecule has 0 unspecified atom stereocenters. The number of aromatic nitrogens is 1. The summed E-state index contributed by atoms with van der Waals surface area (Å²) in [5, 5.41) is 8.41. The van der Waals surface area contributed by atoms with E-state index in [1.54, 1.807) is 18.2 Å². The van der Waals surface area contributed by atoms with Gasteiger partial charge in [-0.3, -0.25) is 9.69 Å². The first-order valence-corrected chi connectivity index (χ1v) is 14.1. The molecule has 1 aromatic heterocycles. The quantitative estimate of drug-likeness (QED) is 0.374. The van der Waals surface area contributed by atoms with Crippen LogP contribution in [-0.4, -0.2) is 74.4 Å². The molecule has 0 radical (unpaired) electrons. The molecule has 0 bridgehead atoms. The van der Waals surface area contributed by atoms with Crippen LogP contribution in [0.4, 0.5) is 41.7 Å². The second-order valence-corrected chi connectivity index (χ2v) is 10.7. The number of hydrogen-bond donors (Lipinski definition) is 3. The van der Waals surface area contributed by atoms with Gasteiger partial charge in [0.15, 0.2) is 0 Å². The molecular formula is C30H33F3N6O3. The Hall–Kier alpha value is -4.03. The number of hydrogen-bond acceptors (Lipinski definition) is 8. The molecule has 3 aromatic rings. The molecule has 3 N–H and O–H groups in total. The third kappa shape index (κ3) is 5.82. The number of anilines is 5. The smallest absolute Gasteiger partial charge is 0.419 e. The summed E-state index contributed by atoms with van der Waals surface area (Å²) in [6.07, 6.45) is -1.74. The fourth-order valence-electron chi connectivity index (χ4n) is 5.92. The average molecular weight is 583 g/mol. The molecule has 4 heterocycles. The maximum absolute atomic E-state index is 13.9. The highest BCUT2D eigenvalue weighted by molar-refractivity contribution is 6.00. The summed E-state index contributed by atoms with van der Waals surface area (Å²) in [6.45, 7) is 5.03. The van der Waals surface area contributed by atoms with Gasteiger partial charge < -0.3 is 30.3 Å². The summed E-state index contributed by atoms with van der Waals surface area (Å²) in [4.78, 5) is 21.3. The molecule has 3 aliphatic rings. The van der Waals surface area contributed by atoms with E-state index in [-0.39, 0.29) is 28.8 Å². The van der Waals surface area contributed by atoms with Crippen LogP contribution in [0.25, 0.3) is 0 Å². The van der Waals surface area contributed by atoms with Crippen LogP contribution < -0.4 is 25.6 Å². The molecule has 0 aliphatic carbocycles. The summed E-state index contributed by atoms with van der Waals surface area (Å²) in [6, 6.07) is 14.2. The topological polar surface area (TPSA) is 91.0 Å². The van der Waals surface area contributed by atoms with Crippen molar-refractivity contribution in [1.82, 2.24) is 15.2 Å². The molecule has 0 saturated carbocycles. The van der Waals surface area contributed by atoms with Crippen molar-refractivity contribution >= 4 is 34.5 Å². The average Bonchev–Trinajstić information content (AvgIpc) is 3.00. The van der Waals surface area contributed by atoms with Gasteiger partial charge >= 0.3 is 6.18 Å². The summed E-state index contributed by atoms with van der Waals surface area (Å²) in [5.74, 6) is 0.516. The van der Waals surface area contributed by atoms with Gasteiger partial charge in [-0.1, -0.05) is 12.1 Å². The monoisotopic (exact) mass is 582 g/mol. The molecule has 1 amide bonds. The van der Waals surface area contributed by atoms with E-state index in [4.69, 9.17) is 9.47 Å². The normalized spacial score (nSPS) is 19.3. The first-order chi connectivity index (χ1) is 20.3. The fourth-order valence-corrected chi connectivity index (χ4v) is 5.92. The number of carbonyl (C=O) groups excluding carboxylic acids is 1. The number of nitrogens with one attached hydrogen (secondary N) is 3. The van der Waals surface area contributed by atoms with Crippen molar-refractivity contribution in [3.8, 4) is 5.75 Å². The number of pyridine rings is 1. The number of alkyl halides is 3. The van der Waals surface area contributed by atoms with Crippen LogP contribution in [0.3, 0.4) is 0 Å². The number of piperazine rings is 1. The van der Waals surface area contributed by atoms with E-state index in [0.717, 1.165) is 63.3 Å². The number of nitrogens with zero attached hydrogens (tertiary/aromatic N) is 3. The van der Waals surface area contributed by atoms with Crippen molar-refractivity contribution in [2.75, 3.05) is 62.0 Å². The zero-order chi connectivity index (χ0) is 29.3. The fraction of sp³-hybridized carbons (Fsp3) is 0.400. The van der Waals surface area contributed by atoms with Crippen LogP contribution in [-0.2, 0) is 10.9 Å². The number of benzene rings is 2. The van der Waals surface area contributed by atoms with Gasteiger partial charge in [0.2, 0.25) is 0 Å². The number of halogens is 3. The SMILES string of the molecule is CNC(=O)c1ccccc1Nc1cc(Nc2ccc3c(c2)OC[C@H]2CN(C4CCOCC4)CCN32)ncc1C(F)(F)F. The second kappa shape index (κ2) is 11.7. The number of carbonyl (C=O) groups is 1. The first kappa shape index (κ1) is 28.1. The van der Waals surface area contributed by atoms with Crippen molar-refractivity contribution in [3.05, 3.63) is 65.9 Å². The van der Waals surface area contributed by atoms with Crippen molar-refractivity contribution < 1.29 is 27.4 Å². The van der Waals surface area contributed by atoms with Gasteiger partial charge in [0.25, 0.3) is 5.91 Å². The highest BCUT2D eigenvalue weighted by Crippen LogP contribution is 2.40. The van der Waals surface area contributed by atoms with Gasteiger partial charge in [0.05, 0.1) is 34.2 Å². The lowest BCUT2D eigenvalue weighted by Gasteiger charge is -2.48. The van der Waals surface area contributed by atoms with Crippen molar-refractivity contribution in [2.45, 2.75) is 31.1 Å². The van der Waals surface area contributed by atoms with Gasteiger partial charge in [-0.2, -0.15) is 13.2 Å². The van der Waals surface area contributed by atoms with E-state index in [1.165, 1.54) is 19.2 Å². The van der Waals surface area contributed by atoms with Crippen LogP contribution in [0.15, 0.2) is 54.7 Å². The molecule has 2 fully saturated rings. The molecule has 42 heavy (non-hydrogen) atoms. The van der Waals surface area contributed by atoms with Crippen LogP contribution in [0.1, 0.15) is 28.8 Å². The van der Waals surface area contributed by atoms with Gasteiger partial charge in [0.1, 0.15) is 18.2 Å². The molecule has 3 aliphatic heterocycles. The van der Waals surface area contributed by atoms with Crippen LogP contribution >= 0.6 is 0 Å². The Labute approximate surface area is 242 Å². The van der Waals surface area contributed by atoms with Gasteiger partial charge in [-0.05, 0) is 37.1 Å². The van der Waals surface area contributed by atoms with E-state index >= 15 is 0 Å². The third-order valence-electron chi connectivity index (χ3n) is 8.07. The second-order valence-electron chi connectivity index (χ2n) is 10.7. The number of amides is 1. The van der Waals surface area contributed by atoms with Crippen LogP contribution in [0.2, 0.25) is 0 Å². The number of para-hydroxylation sites is 1. The lowest BCUT2D eigenvalue weighted by molar-refractivity contribution is -0.137. The van der Waals surface area contributed by atoms with E-state index in [2.05, 4.69) is 30.7 Å². The Balaban J connectivity index is 1.20. The molecule has 12 heteroatoms. The highest BCUT2D eigenvalue weighted by Gasteiger charge is 2.36. The molecule has 0 spiro atoms. The molecular weight excluding hydrogens is 549 g/mol. The highest BCUT2D eigenvalue weighted by atomic mass is 19.4. The third-order valence-corrected chi connectivity index (χ3v) is 8.07. The van der Waals surface area contributed by atoms with Crippen molar-refractivity contribution in [2.24, 2.45) is 0 Å². The van der Waals surface area contributed by atoms with Gasteiger partial charge in [-0.25, -0.2) is 4.98 Å². The zero-order valence-corrected chi connectivity index (χ0v) is 23.2. The van der Waals surface area contributed by atoms with Crippen LogP contribution in [0.5, 0.6) is 5.75 Å². The number of rotatable bonds is 6. The molecule has 9 nitrogen and oxygen atoms in total. The van der Waals surface area contributed by atoms with E-state index < -0.39 is 17.6 Å². The maximum atomic E-state index is 13.9. The number of ether oxygens (including phenoxy) is 2. The van der Waals surface area contributed by atoms with E-state index in [0.29, 0.717) is 18.3 Å². The summed E-state index contributed by atoms with van der Waals surface area (Å²) in [5.41, 5.74) is 0.940. The van der Waals surface area contributed by atoms with Crippen molar-refractivity contribution in [3.63, 3.8) is 0 Å². The minimum atomic E-state index is -4.65. The van der Waals surface area contributed by atoms with Gasteiger partial charge in [0, 0.05) is 70.0 Å². The summed E-state index contributed by atoms with van der Waals surface area (Å²) >= 11 is 0. The van der Waals surface area contributed by atoms with E-state index in [9.17, 15) is 18.0 Å². The minimum Gasteiger partial charge on any atom is -0.489 e. The largest absolute Gasteiger partial charge is 0.489 e. The molecule has 2 saturated heterocycles. The first-order valence-electron chi connectivity index (χ1n) is 14.1. The predicted molar refractivity (Wildman–Crippen MR) is 154 cm³/mol. The van der Waals surface area contributed by atoms with E-state index in [1.807, 2.05) is 18.2 Å². The molecule has 222 valence electrons. The summed E-state index contributed by atoms with van der Waals surface area (Å²) < 4.78 is 53.3. The molecule has 1 atom stereocenters. The standard InChI is InChI=1S/C30H33F3N6O3/c1-34-29(40)22-4-2-3-5-24(22)37-25-15-28(35-16-23(25)30(31,32)33)36-19-6-7-26-27(14-19)42-18-21-17-38(10-11-39(21)26)20-8-12-41-13-9-20/h2-7,14-16,20-21H,8-13,17-18H2,1H3,(H,34,40)(H2,35,36,37)/t21-/m1/s1. The minimum absolute atomic E-state index is 0.210.